The Balaban J connectivity index is 2.07. The lowest BCUT2D eigenvalue weighted by Crippen LogP contribution is -2.21. The van der Waals surface area contributed by atoms with Crippen LogP contribution in [0.4, 0.5) is 5.69 Å². The summed E-state index contributed by atoms with van der Waals surface area (Å²) in [7, 11) is 0. The van der Waals surface area contributed by atoms with E-state index in [9.17, 15) is 0 Å². The lowest BCUT2D eigenvalue weighted by Gasteiger charge is -2.08. The van der Waals surface area contributed by atoms with Crippen LogP contribution < -0.4 is 10.6 Å². The molecule has 0 aliphatic heterocycles. The van der Waals surface area contributed by atoms with Crippen LogP contribution >= 0.6 is 0 Å². The van der Waals surface area contributed by atoms with Gasteiger partial charge >= 0.3 is 0 Å². The molecular formula is C15H20N2. The van der Waals surface area contributed by atoms with Gasteiger partial charge < -0.3 is 10.6 Å². The zero-order valence-corrected chi connectivity index (χ0v) is 10.6. The lowest BCUT2D eigenvalue weighted by molar-refractivity contribution is 0.739. The number of hydrogen-bond donors (Lipinski definition) is 2. The van der Waals surface area contributed by atoms with Gasteiger partial charge in [-0.3, -0.25) is 0 Å². The second-order valence-electron chi connectivity index (χ2n) is 4.35. The first-order chi connectivity index (χ1) is 8.29. The molecule has 0 heterocycles. The van der Waals surface area contributed by atoms with Crippen LogP contribution in [0.5, 0.6) is 0 Å². The average Bonchev–Trinajstić information content (AvgIpc) is 2.35. The zero-order chi connectivity index (χ0) is 12.1. The van der Waals surface area contributed by atoms with E-state index < -0.39 is 0 Å². The van der Waals surface area contributed by atoms with Gasteiger partial charge in [0.25, 0.3) is 0 Å². The minimum atomic E-state index is 0.964. The molecule has 0 saturated heterocycles. The van der Waals surface area contributed by atoms with E-state index in [1.54, 1.807) is 0 Å². The van der Waals surface area contributed by atoms with Gasteiger partial charge in [-0.1, -0.05) is 36.8 Å². The maximum absolute atomic E-state index is 3.42. The van der Waals surface area contributed by atoms with Crippen LogP contribution in [0, 0.1) is 6.92 Å². The Morgan fingerprint density at radius 3 is 2.53 bits per heavy atom. The molecule has 2 nitrogen and oxygen atoms in total. The summed E-state index contributed by atoms with van der Waals surface area (Å²) >= 11 is 0. The molecule has 2 heteroatoms. The molecule has 0 bridgehead atoms. The van der Waals surface area contributed by atoms with Crippen molar-refractivity contribution < 1.29 is 0 Å². The van der Waals surface area contributed by atoms with E-state index in [-0.39, 0.29) is 0 Å². The molecule has 0 radical (unpaired) electrons. The number of benzene rings is 2. The van der Waals surface area contributed by atoms with Crippen molar-refractivity contribution in [3.8, 4) is 0 Å². The molecular weight excluding hydrogens is 208 g/mol. The highest BCUT2D eigenvalue weighted by molar-refractivity contribution is 5.86. The molecule has 0 unspecified atom stereocenters. The first-order valence-corrected chi connectivity index (χ1v) is 6.24. The van der Waals surface area contributed by atoms with Gasteiger partial charge in [-0.15, -0.1) is 0 Å². The van der Waals surface area contributed by atoms with Gasteiger partial charge in [-0.25, -0.2) is 0 Å². The van der Waals surface area contributed by atoms with Crippen LogP contribution in [-0.4, -0.2) is 19.6 Å². The first-order valence-electron chi connectivity index (χ1n) is 6.24. The van der Waals surface area contributed by atoms with E-state index in [2.05, 4.69) is 60.9 Å². The van der Waals surface area contributed by atoms with Crippen molar-refractivity contribution in [1.82, 2.24) is 5.32 Å². The number of rotatable bonds is 5. The Kier molecular flexibility index (Phi) is 3.99. The van der Waals surface area contributed by atoms with Gasteiger partial charge in [0.1, 0.15) is 0 Å². The monoisotopic (exact) mass is 228 g/mol. The maximum atomic E-state index is 3.42. The van der Waals surface area contributed by atoms with Crippen LogP contribution in [0.25, 0.3) is 10.8 Å². The predicted octanol–water partition coefficient (Wildman–Crippen LogP) is 3.17. The molecule has 0 saturated carbocycles. The highest BCUT2D eigenvalue weighted by Gasteiger charge is 1.96. The Morgan fingerprint density at radius 2 is 1.71 bits per heavy atom. The predicted molar refractivity (Wildman–Crippen MR) is 75.7 cm³/mol. The standard InChI is InChI=1S/C15H20N2/c1-3-16-8-9-17-15-7-6-13-10-12(2)4-5-14(13)11-15/h4-7,10-11,16-17H,3,8-9H2,1-2H3. The SMILES string of the molecule is CCNCCNc1ccc2cc(C)ccc2c1. The second-order valence-corrected chi connectivity index (χ2v) is 4.35. The molecule has 0 aliphatic rings. The third kappa shape index (κ3) is 3.21. The lowest BCUT2D eigenvalue weighted by atomic mass is 10.1. The van der Waals surface area contributed by atoms with Crippen LogP contribution in [0.2, 0.25) is 0 Å². The molecule has 90 valence electrons. The van der Waals surface area contributed by atoms with Gasteiger partial charge in [0.05, 0.1) is 0 Å². The van der Waals surface area contributed by atoms with E-state index in [1.807, 2.05) is 0 Å². The van der Waals surface area contributed by atoms with Crippen LogP contribution in [0.3, 0.4) is 0 Å². The fourth-order valence-electron chi connectivity index (χ4n) is 1.95. The fraction of sp³-hybridized carbons (Fsp3) is 0.333. The van der Waals surface area contributed by atoms with Gasteiger partial charge in [-0.05, 0) is 36.4 Å². The van der Waals surface area contributed by atoms with E-state index in [0.29, 0.717) is 0 Å². The molecule has 0 fully saturated rings. The fourth-order valence-corrected chi connectivity index (χ4v) is 1.95. The van der Waals surface area contributed by atoms with Crippen LogP contribution in [0.1, 0.15) is 12.5 Å². The molecule has 2 aromatic carbocycles. The molecule has 2 aromatic rings. The first kappa shape index (κ1) is 11.9. The number of aryl methyl sites for hydroxylation is 1. The van der Waals surface area contributed by atoms with Crippen LogP contribution in [-0.2, 0) is 0 Å². The summed E-state index contributed by atoms with van der Waals surface area (Å²) < 4.78 is 0. The van der Waals surface area contributed by atoms with Gasteiger partial charge in [0.15, 0.2) is 0 Å². The van der Waals surface area contributed by atoms with Crippen molar-refractivity contribution in [1.29, 1.82) is 0 Å². The number of likely N-dealkylation sites (N-methyl/N-ethyl adjacent to an activating group) is 1. The smallest absolute Gasteiger partial charge is 0.0347 e. The summed E-state index contributed by atoms with van der Waals surface area (Å²) in [4.78, 5) is 0. The zero-order valence-electron chi connectivity index (χ0n) is 10.6. The number of anilines is 1. The summed E-state index contributed by atoms with van der Waals surface area (Å²) in [6.45, 7) is 7.24. The Bertz CT molecular complexity index is 491. The normalized spacial score (nSPS) is 10.7. The highest BCUT2D eigenvalue weighted by Crippen LogP contribution is 2.20. The van der Waals surface area contributed by atoms with Crippen molar-refractivity contribution in [2.24, 2.45) is 0 Å². The van der Waals surface area contributed by atoms with Gasteiger partial charge in [-0.2, -0.15) is 0 Å². The summed E-state index contributed by atoms with van der Waals surface area (Å²) in [6, 6.07) is 13.1. The number of nitrogens with one attached hydrogen (secondary N) is 2. The molecule has 0 spiro atoms. The van der Waals surface area contributed by atoms with Gasteiger partial charge in [0.2, 0.25) is 0 Å². The minimum Gasteiger partial charge on any atom is -0.384 e. The van der Waals surface area contributed by atoms with Crippen LogP contribution in [0.15, 0.2) is 36.4 Å². The Labute approximate surface area is 103 Å². The molecule has 17 heavy (non-hydrogen) atoms. The third-order valence-electron chi connectivity index (χ3n) is 2.88. The van der Waals surface area contributed by atoms with Crippen molar-refractivity contribution in [3.05, 3.63) is 42.0 Å². The number of hydrogen-bond acceptors (Lipinski definition) is 2. The van der Waals surface area contributed by atoms with E-state index in [0.717, 1.165) is 19.6 Å². The minimum absolute atomic E-state index is 0.964. The molecule has 0 aliphatic carbocycles. The van der Waals surface area contributed by atoms with E-state index in [4.69, 9.17) is 0 Å². The molecule has 0 aromatic heterocycles. The summed E-state index contributed by atoms with van der Waals surface area (Å²) in [5.41, 5.74) is 2.50. The van der Waals surface area contributed by atoms with E-state index >= 15 is 0 Å². The largest absolute Gasteiger partial charge is 0.384 e. The summed E-state index contributed by atoms with van der Waals surface area (Å²) in [5.74, 6) is 0. The Morgan fingerprint density at radius 1 is 0.941 bits per heavy atom. The van der Waals surface area contributed by atoms with E-state index in [1.165, 1.54) is 22.0 Å². The summed E-state index contributed by atoms with van der Waals surface area (Å²) in [6.07, 6.45) is 0. The van der Waals surface area contributed by atoms with Crippen molar-refractivity contribution in [2.75, 3.05) is 25.0 Å². The molecule has 0 atom stereocenters. The third-order valence-corrected chi connectivity index (χ3v) is 2.88. The maximum Gasteiger partial charge on any atom is 0.0347 e. The van der Waals surface area contributed by atoms with Gasteiger partial charge in [0, 0.05) is 18.8 Å². The Hall–Kier alpha value is -1.54. The topological polar surface area (TPSA) is 24.1 Å². The van der Waals surface area contributed by atoms with Crippen molar-refractivity contribution >= 4 is 16.5 Å². The summed E-state index contributed by atoms with van der Waals surface area (Å²) in [5, 5.41) is 9.33. The average molecular weight is 228 g/mol. The molecule has 0 amide bonds. The quantitative estimate of drug-likeness (QED) is 0.768. The van der Waals surface area contributed by atoms with Crippen molar-refractivity contribution in [3.63, 3.8) is 0 Å². The molecule has 2 N–H and O–H groups in total. The second kappa shape index (κ2) is 5.69. The highest BCUT2D eigenvalue weighted by atomic mass is 14.9. The number of fused-ring (bicyclic) bond motifs is 1. The van der Waals surface area contributed by atoms with Crippen molar-refractivity contribution in [2.45, 2.75) is 13.8 Å². The molecule has 2 rings (SSSR count).